The third-order valence-electron chi connectivity index (χ3n) is 3.14. The maximum atomic E-state index is 13.8. The number of ether oxygens (including phenoxy) is 1. The highest BCUT2D eigenvalue weighted by Crippen LogP contribution is 2.28. The van der Waals surface area contributed by atoms with Gasteiger partial charge < -0.3 is 9.84 Å². The summed E-state index contributed by atoms with van der Waals surface area (Å²) in [7, 11) is 0. The lowest BCUT2D eigenvalue weighted by molar-refractivity contribution is 0.198. The molecule has 1 atom stereocenters. The molecule has 0 bridgehead atoms. The molecule has 19 heavy (non-hydrogen) atoms. The summed E-state index contributed by atoms with van der Waals surface area (Å²) in [5, 5.41) is 9.39. The Hall–Kier alpha value is -1.87. The first-order chi connectivity index (χ1) is 8.97. The Labute approximate surface area is 112 Å². The normalized spacial score (nSPS) is 12.3. The van der Waals surface area contributed by atoms with E-state index in [4.69, 9.17) is 4.74 Å². The summed E-state index contributed by atoms with van der Waals surface area (Å²) in [5.41, 5.74) is 2.79. The number of hydrogen-bond acceptors (Lipinski definition) is 2. The van der Waals surface area contributed by atoms with Gasteiger partial charge in [-0.3, -0.25) is 0 Å². The molecule has 0 unspecified atom stereocenters. The average Bonchev–Trinajstić information content (AvgIpc) is 2.36. The molecule has 0 amide bonds. The Morgan fingerprint density at radius 1 is 1.05 bits per heavy atom. The number of benzene rings is 2. The van der Waals surface area contributed by atoms with Gasteiger partial charge in [-0.15, -0.1) is 0 Å². The van der Waals surface area contributed by atoms with Crippen LogP contribution in [0, 0.1) is 19.7 Å². The van der Waals surface area contributed by atoms with Gasteiger partial charge in [-0.05, 0) is 61.7 Å². The molecular formula is C16H17FO2. The minimum Gasteiger partial charge on any atom is -0.454 e. The molecule has 0 aliphatic carbocycles. The zero-order valence-corrected chi connectivity index (χ0v) is 11.3. The molecule has 2 rings (SSSR count). The van der Waals surface area contributed by atoms with Crippen molar-refractivity contribution in [3.05, 3.63) is 58.9 Å². The average molecular weight is 260 g/mol. The van der Waals surface area contributed by atoms with Crippen LogP contribution in [0.3, 0.4) is 0 Å². The highest BCUT2D eigenvalue weighted by molar-refractivity contribution is 5.38. The van der Waals surface area contributed by atoms with E-state index in [2.05, 4.69) is 0 Å². The number of rotatable bonds is 3. The second-order valence-corrected chi connectivity index (χ2v) is 4.71. The van der Waals surface area contributed by atoms with Gasteiger partial charge in [0.05, 0.1) is 6.10 Å². The molecule has 100 valence electrons. The Kier molecular flexibility index (Phi) is 3.86. The number of halogens is 1. The van der Waals surface area contributed by atoms with Crippen LogP contribution in [0.1, 0.15) is 29.7 Å². The summed E-state index contributed by atoms with van der Waals surface area (Å²) in [6.45, 7) is 5.59. The summed E-state index contributed by atoms with van der Waals surface area (Å²) < 4.78 is 19.4. The molecule has 2 aromatic carbocycles. The summed E-state index contributed by atoms with van der Waals surface area (Å²) in [6, 6.07) is 10.1. The van der Waals surface area contributed by atoms with Gasteiger partial charge in [0.15, 0.2) is 11.6 Å². The Bertz CT molecular complexity index is 591. The molecule has 0 saturated heterocycles. The first-order valence-electron chi connectivity index (χ1n) is 6.20. The van der Waals surface area contributed by atoms with Crippen molar-refractivity contribution in [1.82, 2.24) is 0 Å². The van der Waals surface area contributed by atoms with Gasteiger partial charge in [0.1, 0.15) is 5.75 Å². The van der Waals surface area contributed by atoms with Gasteiger partial charge in [0.2, 0.25) is 0 Å². The molecule has 0 saturated carbocycles. The topological polar surface area (TPSA) is 29.5 Å². The fourth-order valence-electron chi connectivity index (χ4n) is 1.76. The zero-order chi connectivity index (χ0) is 14.0. The second kappa shape index (κ2) is 5.41. The molecule has 0 spiro atoms. The number of aryl methyl sites for hydroxylation is 2. The minimum absolute atomic E-state index is 0.160. The SMILES string of the molecule is Cc1ccc(Oc2ccc([C@@H](C)O)cc2F)cc1C. The highest BCUT2D eigenvalue weighted by atomic mass is 19.1. The van der Waals surface area contributed by atoms with Crippen LogP contribution in [0.25, 0.3) is 0 Å². The van der Waals surface area contributed by atoms with Crippen LogP contribution in [0.5, 0.6) is 11.5 Å². The van der Waals surface area contributed by atoms with E-state index in [0.29, 0.717) is 11.3 Å². The summed E-state index contributed by atoms with van der Waals surface area (Å²) in [5.74, 6) is 0.288. The van der Waals surface area contributed by atoms with Gasteiger partial charge in [0.25, 0.3) is 0 Å². The fourth-order valence-corrected chi connectivity index (χ4v) is 1.76. The molecule has 0 fully saturated rings. The van der Waals surface area contributed by atoms with Crippen molar-refractivity contribution in [3.63, 3.8) is 0 Å². The van der Waals surface area contributed by atoms with E-state index in [1.807, 2.05) is 32.0 Å². The lowest BCUT2D eigenvalue weighted by Crippen LogP contribution is -1.95. The van der Waals surface area contributed by atoms with Crippen LogP contribution < -0.4 is 4.74 Å². The van der Waals surface area contributed by atoms with Crippen LogP contribution >= 0.6 is 0 Å². The molecule has 0 aromatic heterocycles. The molecule has 0 aliphatic rings. The van der Waals surface area contributed by atoms with Crippen molar-refractivity contribution >= 4 is 0 Å². The second-order valence-electron chi connectivity index (χ2n) is 4.71. The van der Waals surface area contributed by atoms with E-state index in [-0.39, 0.29) is 5.75 Å². The van der Waals surface area contributed by atoms with Crippen molar-refractivity contribution in [2.45, 2.75) is 26.9 Å². The third kappa shape index (κ3) is 3.12. The highest BCUT2D eigenvalue weighted by Gasteiger charge is 2.09. The molecule has 0 aliphatic heterocycles. The van der Waals surface area contributed by atoms with Gasteiger partial charge in [-0.2, -0.15) is 0 Å². The Morgan fingerprint density at radius 2 is 1.79 bits per heavy atom. The molecule has 2 aromatic rings. The van der Waals surface area contributed by atoms with E-state index < -0.39 is 11.9 Å². The van der Waals surface area contributed by atoms with Gasteiger partial charge in [-0.1, -0.05) is 12.1 Å². The predicted octanol–water partition coefficient (Wildman–Crippen LogP) is 4.29. The smallest absolute Gasteiger partial charge is 0.166 e. The summed E-state index contributed by atoms with van der Waals surface area (Å²) in [6.07, 6.45) is -0.690. The lowest BCUT2D eigenvalue weighted by Gasteiger charge is -2.11. The van der Waals surface area contributed by atoms with E-state index >= 15 is 0 Å². The summed E-state index contributed by atoms with van der Waals surface area (Å²) >= 11 is 0. The Balaban J connectivity index is 2.25. The first kappa shape index (κ1) is 13.6. The van der Waals surface area contributed by atoms with Crippen molar-refractivity contribution in [2.24, 2.45) is 0 Å². The van der Waals surface area contributed by atoms with Crippen LogP contribution in [0.2, 0.25) is 0 Å². The largest absolute Gasteiger partial charge is 0.454 e. The number of hydrogen-bond donors (Lipinski definition) is 1. The van der Waals surface area contributed by atoms with Crippen molar-refractivity contribution in [1.29, 1.82) is 0 Å². The zero-order valence-electron chi connectivity index (χ0n) is 11.3. The molecule has 1 N–H and O–H groups in total. The quantitative estimate of drug-likeness (QED) is 0.892. The lowest BCUT2D eigenvalue weighted by atomic mass is 10.1. The Morgan fingerprint density at radius 3 is 2.37 bits per heavy atom. The van der Waals surface area contributed by atoms with Gasteiger partial charge >= 0.3 is 0 Å². The molecule has 2 nitrogen and oxygen atoms in total. The third-order valence-corrected chi connectivity index (χ3v) is 3.14. The van der Waals surface area contributed by atoms with Crippen LogP contribution in [0.4, 0.5) is 4.39 Å². The maximum Gasteiger partial charge on any atom is 0.166 e. The first-order valence-corrected chi connectivity index (χ1v) is 6.20. The molecule has 3 heteroatoms. The van der Waals surface area contributed by atoms with E-state index in [0.717, 1.165) is 11.1 Å². The van der Waals surface area contributed by atoms with Crippen LogP contribution in [-0.4, -0.2) is 5.11 Å². The summed E-state index contributed by atoms with van der Waals surface area (Å²) in [4.78, 5) is 0. The maximum absolute atomic E-state index is 13.8. The van der Waals surface area contributed by atoms with Crippen LogP contribution in [0.15, 0.2) is 36.4 Å². The van der Waals surface area contributed by atoms with Crippen molar-refractivity contribution < 1.29 is 14.2 Å². The standard InChI is InChI=1S/C16H17FO2/c1-10-4-6-14(8-11(10)2)19-16-7-5-13(12(3)18)9-15(16)17/h4-9,12,18H,1-3H3/t12-/m1/s1. The minimum atomic E-state index is -0.690. The molecule has 0 heterocycles. The monoisotopic (exact) mass is 260 g/mol. The molecular weight excluding hydrogens is 243 g/mol. The van der Waals surface area contributed by atoms with Gasteiger partial charge in [-0.25, -0.2) is 4.39 Å². The van der Waals surface area contributed by atoms with E-state index in [1.54, 1.807) is 13.0 Å². The number of aliphatic hydroxyl groups is 1. The van der Waals surface area contributed by atoms with Crippen molar-refractivity contribution in [2.75, 3.05) is 0 Å². The van der Waals surface area contributed by atoms with Crippen LogP contribution in [-0.2, 0) is 0 Å². The van der Waals surface area contributed by atoms with Gasteiger partial charge in [0, 0.05) is 0 Å². The van der Waals surface area contributed by atoms with Crippen molar-refractivity contribution in [3.8, 4) is 11.5 Å². The molecule has 0 radical (unpaired) electrons. The van der Waals surface area contributed by atoms with E-state index in [9.17, 15) is 9.50 Å². The number of aliphatic hydroxyl groups excluding tert-OH is 1. The predicted molar refractivity (Wildman–Crippen MR) is 73.0 cm³/mol. The fraction of sp³-hybridized carbons (Fsp3) is 0.250. The van der Waals surface area contributed by atoms with E-state index in [1.165, 1.54) is 12.1 Å².